The van der Waals surface area contributed by atoms with E-state index in [1.54, 1.807) is 19.9 Å². The smallest absolute Gasteiger partial charge is 0.313 e. The van der Waals surface area contributed by atoms with E-state index in [1.165, 1.54) is 0 Å². The van der Waals surface area contributed by atoms with Crippen molar-refractivity contribution in [2.75, 3.05) is 6.61 Å². The van der Waals surface area contributed by atoms with Gasteiger partial charge in [-0.3, -0.25) is 14.7 Å². The molecule has 0 spiro atoms. The number of Topliss-reactive ketones (excluding diaryl/α,β-unsaturated/α-hetero) is 1. The highest BCUT2D eigenvalue weighted by Crippen LogP contribution is 2.02. The van der Waals surface area contributed by atoms with Crippen molar-refractivity contribution in [3.05, 3.63) is 17.5 Å². The predicted molar refractivity (Wildman–Crippen MR) is 48.9 cm³/mol. The van der Waals surface area contributed by atoms with Crippen LogP contribution in [0, 0.1) is 6.92 Å². The monoisotopic (exact) mass is 196 g/mol. The lowest BCUT2D eigenvalue weighted by Crippen LogP contribution is -2.11. The van der Waals surface area contributed by atoms with E-state index in [0.29, 0.717) is 0 Å². The van der Waals surface area contributed by atoms with E-state index >= 15 is 0 Å². The lowest BCUT2D eigenvalue weighted by Gasteiger charge is -1.98. The molecule has 0 aliphatic carbocycles. The summed E-state index contributed by atoms with van der Waals surface area (Å²) in [4.78, 5) is 22.3. The van der Waals surface area contributed by atoms with Crippen LogP contribution in [0.1, 0.15) is 29.5 Å². The summed E-state index contributed by atoms with van der Waals surface area (Å²) in [5.74, 6) is -0.842. The van der Waals surface area contributed by atoms with Gasteiger partial charge in [-0.05, 0) is 19.9 Å². The number of carbonyl (C=O) groups excluding carboxylic acids is 2. The molecule has 76 valence electrons. The van der Waals surface area contributed by atoms with Gasteiger partial charge in [-0.25, -0.2) is 0 Å². The average molecular weight is 196 g/mol. The molecule has 0 unspecified atom stereocenters. The van der Waals surface area contributed by atoms with E-state index in [4.69, 9.17) is 0 Å². The molecule has 5 nitrogen and oxygen atoms in total. The Morgan fingerprint density at radius 1 is 1.57 bits per heavy atom. The zero-order valence-electron chi connectivity index (χ0n) is 8.16. The highest BCUT2D eigenvalue weighted by atomic mass is 16.5. The zero-order chi connectivity index (χ0) is 10.6. The van der Waals surface area contributed by atoms with Crippen molar-refractivity contribution in [3.63, 3.8) is 0 Å². The fraction of sp³-hybridized carbons (Fsp3) is 0.444. The lowest BCUT2D eigenvalue weighted by atomic mass is 10.2. The zero-order valence-corrected chi connectivity index (χ0v) is 8.16. The summed E-state index contributed by atoms with van der Waals surface area (Å²) in [7, 11) is 0. The second kappa shape index (κ2) is 4.55. The Labute approximate surface area is 81.5 Å². The molecule has 0 amide bonds. The molecule has 0 atom stereocenters. The Bertz CT molecular complexity index is 344. The van der Waals surface area contributed by atoms with Crippen LogP contribution in [0.25, 0.3) is 0 Å². The third-order valence-corrected chi connectivity index (χ3v) is 1.60. The number of aryl methyl sites for hydroxylation is 1. The third kappa shape index (κ3) is 2.69. The van der Waals surface area contributed by atoms with E-state index in [2.05, 4.69) is 14.9 Å². The molecule has 1 rings (SSSR count). The van der Waals surface area contributed by atoms with Crippen molar-refractivity contribution >= 4 is 11.8 Å². The largest absolute Gasteiger partial charge is 0.466 e. The molecule has 0 fully saturated rings. The molecule has 0 bridgehead atoms. The molecule has 1 aromatic rings. The fourth-order valence-electron chi connectivity index (χ4n) is 0.995. The minimum atomic E-state index is -0.516. The number of hydrogen-bond acceptors (Lipinski definition) is 4. The minimum absolute atomic E-state index is 0.252. The van der Waals surface area contributed by atoms with Gasteiger partial charge >= 0.3 is 5.97 Å². The molecular formula is C9H12N2O3. The number of esters is 1. The van der Waals surface area contributed by atoms with Crippen LogP contribution >= 0.6 is 0 Å². The van der Waals surface area contributed by atoms with Gasteiger partial charge in [-0.2, -0.15) is 5.10 Å². The van der Waals surface area contributed by atoms with E-state index in [0.717, 1.165) is 5.69 Å². The van der Waals surface area contributed by atoms with Gasteiger partial charge in [0.25, 0.3) is 0 Å². The van der Waals surface area contributed by atoms with Crippen LogP contribution in [-0.2, 0) is 9.53 Å². The number of ether oxygens (including phenoxy) is 1. The molecular weight excluding hydrogens is 184 g/mol. The van der Waals surface area contributed by atoms with Gasteiger partial charge in [0.2, 0.25) is 0 Å². The number of carbonyl (C=O) groups is 2. The fourth-order valence-corrected chi connectivity index (χ4v) is 0.995. The minimum Gasteiger partial charge on any atom is -0.466 e. The molecule has 0 saturated carbocycles. The molecule has 14 heavy (non-hydrogen) atoms. The van der Waals surface area contributed by atoms with E-state index in [-0.39, 0.29) is 24.5 Å². The Kier molecular flexibility index (Phi) is 3.39. The van der Waals surface area contributed by atoms with Crippen LogP contribution in [0.15, 0.2) is 6.07 Å². The van der Waals surface area contributed by atoms with E-state index in [1.807, 2.05) is 0 Å². The van der Waals surface area contributed by atoms with Crippen LogP contribution in [0.3, 0.4) is 0 Å². The number of rotatable bonds is 4. The quantitative estimate of drug-likeness (QED) is 0.440. The van der Waals surface area contributed by atoms with Crippen LogP contribution in [-0.4, -0.2) is 28.6 Å². The molecule has 0 radical (unpaired) electrons. The van der Waals surface area contributed by atoms with Gasteiger partial charge in [0, 0.05) is 5.69 Å². The number of hydrogen-bond donors (Lipinski definition) is 1. The van der Waals surface area contributed by atoms with E-state index < -0.39 is 5.97 Å². The molecule has 0 aliphatic heterocycles. The van der Waals surface area contributed by atoms with Gasteiger partial charge in [-0.15, -0.1) is 0 Å². The van der Waals surface area contributed by atoms with Gasteiger partial charge < -0.3 is 4.74 Å². The van der Waals surface area contributed by atoms with Crippen molar-refractivity contribution in [3.8, 4) is 0 Å². The molecule has 0 aromatic carbocycles. The number of H-pyrrole nitrogens is 1. The highest BCUT2D eigenvalue weighted by Gasteiger charge is 2.14. The molecule has 0 aliphatic rings. The number of nitrogens with one attached hydrogen (secondary N) is 1. The second-order valence-corrected chi connectivity index (χ2v) is 2.84. The Morgan fingerprint density at radius 2 is 2.29 bits per heavy atom. The first-order chi connectivity index (χ1) is 6.63. The molecule has 1 N–H and O–H groups in total. The van der Waals surface area contributed by atoms with Gasteiger partial charge in [-0.1, -0.05) is 0 Å². The SMILES string of the molecule is CCOC(=O)CC(=O)c1cc(C)[nH]n1. The summed E-state index contributed by atoms with van der Waals surface area (Å²) in [5, 5.41) is 6.38. The molecule has 1 heterocycles. The number of ketones is 1. The number of aromatic nitrogens is 2. The third-order valence-electron chi connectivity index (χ3n) is 1.60. The van der Waals surface area contributed by atoms with Gasteiger partial charge in [0.15, 0.2) is 5.78 Å². The first-order valence-corrected chi connectivity index (χ1v) is 4.34. The maximum atomic E-state index is 11.4. The van der Waals surface area contributed by atoms with Crippen molar-refractivity contribution < 1.29 is 14.3 Å². The van der Waals surface area contributed by atoms with Gasteiger partial charge in [0.05, 0.1) is 6.61 Å². The summed E-state index contributed by atoms with van der Waals surface area (Å²) >= 11 is 0. The summed E-state index contributed by atoms with van der Waals surface area (Å²) in [6, 6.07) is 1.60. The average Bonchev–Trinajstić information content (AvgIpc) is 2.52. The maximum absolute atomic E-state index is 11.4. The first kappa shape index (κ1) is 10.4. The maximum Gasteiger partial charge on any atom is 0.313 e. The van der Waals surface area contributed by atoms with Crippen LogP contribution in [0.2, 0.25) is 0 Å². The summed E-state index contributed by atoms with van der Waals surface area (Å²) in [6.07, 6.45) is -0.252. The Hall–Kier alpha value is -1.65. The number of nitrogens with zero attached hydrogens (tertiary/aromatic N) is 1. The lowest BCUT2D eigenvalue weighted by molar-refractivity contribution is -0.141. The predicted octanol–water partition coefficient (Wildman–Crippen LogP) is 0.854. The van der Waals surface area contributed by atoms with Crippen LogP contribution in [0.5, 0.6) is 0 Å². The van der Waals surface area contributed by atoms with Crippen LogP contribution in [0.4, 0.5) is 0 Å². The Balaban J connectivity index is 2.55. The summed E-state index contributed by atoms with van der Waals surface area (Å²) < 4.78 is 4.64. The van der Waals surface area contributed by atoms with Crippen molar-refractivity contribution in [2.45, 2.75) is 20.3 Å². The molecule has 0 saturated heterocycles. The second-order valence-electron chi connectivity index (χ2n) is 2.84. The normalized spacial score (nSPS) is 9.86. The topological polar surface area (TPSA) is 72.1 Å². The molecule has 5 heteroatoms. The van der Waals surface area contributed by atoms with Crippen molar-refractivity contribution in [1.29, 1.82) is 0 Å². The number of aromatic amines is 1. The standard InChI is InChI=1S/C9H12N2O3/c1-3-14-9(13)5-8(12)7-4-6(2)10-11-7/h4H,3,5H2,1-2H3,(H,10,11). The van der Waals surface area contributed by atoms with E-state index in [9.17, 15) is 9.59 Å². The van der Waals surface area contributed by atoms with Crippen molar-refractivity contribution in [2.24, 2.45) is 0 Å². The van der Waals surface area contributed by atoms with Crippen molar-refractivity contribution in [1.82, 2.24) is 10.2 Å². The highest BCUT2D eigenvalue weighted by molar-refractivity contribution is 6.04. The van der Waals surface area contributed by atoms with Gasteiger partial charge in [0.1, 0.15) is 12.1 Å². The summed E-state index contributed by atoms with van der Waals surface area (Å²) in [5.41, 5.74) is 1.06. The Morgan fingerprint density at radius 3 is 2.79 bits per heavy atom. The van der Waals surface area contributed by atoms with Crippen LogP contribution < -0.4 is 0 Å². The molecule has 1 aromatic heterocycles. The summed E-state index contributed by atoms with van der Waals surface area (Å²) in [6.45, 7) is 3.76. The first-order valence-electron chi connectivity index (χ1n) is 4.34.